The standard InChI is InChI=1S/C10H20O4/c1-10(11,9(12-2)13-3)8-4-6-14-7-5-8/h8-9,11H,4-7H2,1-3H3. The van der Waals surface area contributed by atoms with Crippen LogP contribution in [0, 0.1) is 5.92 Å². The van der Waals surface area contributed by atoms with Gasteiger partial charge in [-0.2, -0.15) is 0 Å². The van der Waals surface area contributed by atoms with Gasteiger partial charge in [0.25, 0.3) is 0 Å². The van der Waals surface area contributed by atoms with Gasteiger partial charge < -0.3 is 19.3 Å². The number of aliphatic hydroxyl groups is 1. The molecule has 1 N–H and O–H groups in total. The monoisotopic (exact) mass is 204 g/mol. The smallest absolute Gasteiger partial charge is 0.185 e. The van der Waals surface area contributed by atoms with Gasteiger partial charge in [-0.3, -0.25) is 0 Å². The Morgan fingerprint density at radius 3 is 2.21 bits per heavy atom. The highest BCUT2D eigenvalue weighted by molar-refractivity contribution is 4.86. The van der Waals surface area contributed by atoms with E-state index in [2.05, 4.69) is 0 Å². The van der Waals surface area contributed by atoms with E-state index in [1.165, 1.54) is 0 Å². The largest absolute Gasteiger partial charge is 0.385 e. The summed E-state index contributed by atoms with van der Waals surface area (Å²) in [5.41, 5.74) is -0.937. The zero-order valence-electron chi connectivity index (χ0n) is 9.16. The Balaban J connectivity index is 2.60. The highest BCUT2D eigenvalue weighted by Gasteiger charge is 2.40. The number of methoxy groups -OCH3 is 2. The SMILES string of the molecule is COC(OC)C(C)(O)C1CCOCC1. The summed E-state index contributed by atoms with van der Waals surface area (Å²) in [5, 5.41) is 10.3. The first kappa shape index (κ1) is 11.9. The molecular formula is C10H20O4. The van der Waals surface area contributed by atoms with Crippen LogP contribution in [0.5, 0.6) is 0 Å². The first-order valence-corrected chi connectivity index (χ1v) is 4.98. The maximum atomic E-state index is 10.3. The third kappa shape index (κ3) is 2.45. The fraction of sp³-hybridized carbons (Fsp3) is 1.00. The molecule has 0 saturated carbocycles. The van der Waals surface area contributed by atoms with Gasteiger partial charge in [-0.1, -0.05) is 0 Å². The summed E-state index contributed by atoms with van der Waals surface area (Å²) in [6, 6.07) is 0. The van der Waals surface area contributed by atoms with E-state index in [9.17, 15) is 5.11 Å². The van der Waals surface area contributed by atoms with Crippen LogP contribution in [0.15, 0.2) is 0 Å². The van der Waals surface area contributed by atoms with Crippen molar-refractivity contribution in [2.24, 2.45) is 5.92 Å². The number of hydrogen-bond acceptors (Lipinski definition) is 4. The van der Waals surface area contributed by atoms with Crippen molar-refractivity contribution in [2.75, 3.05) is 27.4 Å². The van der Waals surface area contributed by atoms with Crippen molar-refractivity contribution in [3.8, 4) is 0 Å². The van der Waals surface area contributed by atoms with Crippen LogP contribution < -0.4 is 0 Å². The number of ether oxygens (including phenoxy) is 3. The first-order chi connectivity index (χ1) is 6.62. The molecule has 4 nitrogen and oxygen atoms in total. The number of rotatable bonds is 4. The Bertz CT molecular complexity index is 160. The molecule has 1 saturated heterocycles. The molecule has 1 aliphatic heterocycles. The molecule has 0 aromatic carbocycles. The highest BCUT2D eigenvalue weighted by atomic mass is 16.7. The van der Waals surface area contributed by atoms with Crippen LogP contribution >= 0.6 is 0 Å². The van der Waals surface area contributed by atoms with Gasteiger partial charge in [0.2, 0.25) is 0 Å². The summed E-state index contributed by atoms with van der Waals surface area (Å²) in [5.74, 6) is 0.182. The summed E-state index contributed by atoms with van der Waals surface area (Å²) >= 11 is 0. The van der Waals surface area contributed by atoms with Crippen LogP contribution in [0.3, 0.4) is 0 Å². The topological polar surface area (TPSA) is 47.9 Å². The Kier molecular flexibility index (Phi) is 4.31. The summed E-state index contributed by atoms with van der Waals surface area (Å²) in [6.45, 7) is 3.18. The van der Waals surface area contributed by atoms with E-state index in [1.54, 1.807) is 21.1 Å². The van der Waals surface area contributed by atoms with Crippen molar-refractivity contribution in [2.45, 2.75) is 31.7 Å². The molecule has 0 aromatic heterocycles. The molecule has 1 atom stereocenters. The maximum absolute atomic E-state index is 10.3. The van der Waals surface area contributed by atoms with Crippen LogP contribution in [-0.4, -0.2) is 44.4 Å². The first-order valence-electron chi connectivity index (χ1n) is 4.98. The maximum Gasteiger partial charge on any atom is 0.185 e. The second kappa shape index (κ2) is 5.07. The zero-order valence-corrected chi connectivity index (χ0v) is 9.16. The molecule has 1 fully saturated rings. The minimum atomic E-state index is -0.937. The second-order valence-corrected chi connectivity index (χ2v) is 3.92. The average Bonchev–Trinajstić information content (AvgIpc) is 2.20. The molecule has 1 rings (SSSR count). The van der Waals surface area contributed by atoms with Gasteiger partial charge in [-0.05, 0) is 25.7 Å². The quantitative estimate of drug-likeness (QED) is 0.688. The summed E-state index contributed by atoms with van der Waals surface area (Å²) in [4.78, 5) is 0. The van der Waals surface area contributed by atoms with E-state index in [1.807, 2.05) is 0 Å². The van der Waals surface area contributed by atoms with Gasteiger partial charge in [-0.25, -0.2) is 0 Å². The highest BCUT2D eigenvalue weighted by Crippen LogP contribution is 2.31. The Hall–Kier alpha value is -0.160. The molecule has 0 bridgehead atoms. The predicted octanol–water partition coefficient (Wildman–Crippen LogP) is 0.783. The molecule has 1 heterocycles. The van der Waals surface area contributed by atoms with Gasteiger partial charge in [-0.15, -0.1) is 0 Å². The fourth-order valence-corrected chi connectivity index (χ4v) is 2.05. The lowest BCUT2D eigenvalue weighted by Gasteiger charge is -2.39. The van der Waals surface area contributed by atoms with Gasteiger partial charge >= 0.3 is 0 Å². The lowest BCUT2D eigenvalue weighted by Crippen LogP contribution is -2.49. The normalized spacial score (nSPS) is 23.8. The summed E-state index contributed by atoms with van der Waals surface area (Å²) in [7, 11) is 3.09. The average molecular weight is 204 g/mol. The Morgan fingerprint density at radius 1 is 1.29 bits per heavy atom. The van der Waals surface area contributed by atoms with Crippen LogP contribution in [0.2, 0.25) is 0 Å². The van der Waals surface area contributed by atoms with Gasteiger partial charge in [0.1, 0.15) is 5.60 Å². The Labute approximate surface area is 85.2 Å². The molecule has 1 aliphatic rings. The second-order valence-electron chi connectivity index (χ2n) is 3.92. The molecule has 14 heavy (non-hydrogen) atoms. The van der Waals surface area contributed by atoms with Crippen molar-refractivity contribution >= 4 is 0 Å². The molecule has 0 radical (unpaired) electrons. The van der Waals surface area contributed by atoms with Gasteiger partial charge in [0.05, 0.1) is 0 Å². The van der Waals surface area contributed by atoms with Crippen molar-refractivity contribution in [1.82, 2.24) is 0 Å². The molecule has 84 valence electrons. The lowest BCUT2D eigenvalue weighted by atomic mass is 9.82. The van der Waals surface area contributed by atoms with Crippen molar-refractivity contribution in [3.05, 3.63) is 0 Å². The van der Waals surface area contributed by atoms with E-state index >= 15 is 0 Å². The van der Waals surface area contributed by atoms with E-state index in [0.29, 0.717) is 13.2 Å². The molecule has 1 unspecified atom stereocenters. The molecule has 4 heteroatoms. The van der Waals surface area contributed by atoms with Crippen LogP contribution in [0.1, 0.15) is 19.8 Å². The third-order valence-corrected chi connectivity index (χ3v) is 2.95. The van der Waals surface area contributed by atoms with Gasteiger partial charge in [0, 0.05) is 27.4 Å². The lowest BCUT2D eigenvalue weighted by molar-refractivity contribution is -0.234. The molecule has 0 amide bonds. The van der Waals surface area contributed by atoms with Gasteiger partial charge in [0.15, 0.2) is 6.29 Å². The summed E-state index contributed by atoms with van der Waals surface area (Å²) < 4.78 is 15.5. The van der Waals surface area contributed by atoms with Crippen LogP contribution in [-0.2, 0) is 14.2 Å². The summed E-state index contributed by atoms with van der Waals surface area (Å²) in [6.07, 6.45) is 1.15. The molecular weight excluding hydrogens is 184 g/mol. The van der Waals surface area contributed by atoms with Crippen LogP contribution in [0.4, 0.5) is 0 Å². The van der Waals surface area contributed by atoms with E-state index < -0.39 is 11.9 Å². The zero-order chi connectivity index (χ0) is 10.6. The molecule has 0 aliphatic carbocycles. The molecule has 0 spiro atoms. The fourth-order valence-electron chi connectivity index (χ4n) is 2.05. The van der Waals surface area contributed by atoms with Crippen molar-refractivity contribution in [3.63, 3.8) is 0 Å². The van der Waals surface area contributed by atoms with Crippen molar-refractivity contribution in [1.29, 1.82) is 0 Å². The van der Waals surface area contributed by atoms with E-state index in [-0.39, 0.29) is 5.92 Å². The Morgan fingerprint density at radius 2 is 1.79 bits per heavy atom. The predicted molar refractivity (Wildman–Crippen MR) is 52.0 cm³/mol. The third-order valence-electron chi connectivity index (χ3n) is 2.95. The van der Waals surface area contributed by atoms with Crippen LogP contribution in [0.25, 0.3) is 0 Å². The minimum Gasteiger partial charge on any atom is -0.385 e. The van der Waals surface area contributed by atoms with E-state index in [0.717, 1.165) is 12.8 Å². The van der Waals surface area contributed by atoms with Crippen molar-refractivity contribution < 1.29 is 19.3 Å². The van der Waals surface area contributed by atoms with E-state index in [4.69, 9.17) is 14.2 Å². The number of hydrogen-bond donors (Lipinski definition) is 1. The minimum absolute atomic E-state index is 0.182. The molecule has 0 aromatic rings.